The highest BCUT2D eigenvalue weighted by molar-refractivity contribution is 7.99. The summed E-state index contributed by atoms with van der Waals surface area (Å²) < 4.78 is 3.86. The van der Waals surface area contributed by atoms with E-state index in [-0.39, 0.29) is 11.7 Å². The molecule has 0 aliphatic heterocycles. The first kappa shape index (κ1) is 18.5. The van der Waals surface area contributed by atoms with Gasteiger partial charge in [-0.05, 0) is 43.2 Å². The SMILES string of the molecule is CCCc1nnc(SCC(=O)Nc2cc(Cl)ccc2C)n1-n1cccc1. The number of hydrogen-bond donors (Lipinski definition) is 1. The minimum absolute atomic E-state index is 0.112. The lowest BCUT2D eigenvalue weighted by Crippen LogP contribution is -2.17. The first-order chi connectivity index (χ1) is 12.6. The van der Waals surface area contributed by atoms with E-state index in [4.69, 9.17) is 11.6 Å². The van der Waals surface area contributed by atoms with Crippen molar-refractivity contribution in [1.82, 2.24) is 19.5 Å². The third kappa shape index (κ3) is 4.28. The molecule has 3 rings (SSSR count). The van der Waals surface area contributed by atoms with Crippen LogP contribution in [0, 0.1) is 6.92 Å². The van der Waals surface area contributed by atoms with Crippen LogP contribution in [-0.4, -0.2) is 31.2 Å². The molecule has 2 heterocycles. The molecule has 0 fully saturated rings. The Morgan fingerprint density at radius 2 is 2.04 bits per heavy atom. The highest BCUT2D eigenvalue weighted by atomic mass is 35.5. The predicted octanol–water partition coefficient (Wildman–Crippen LogP) is 4.04. The van der Waals surface area contributed by atoms with Gasteiger partial charge in [0.15, 0.2) is 5.82 Å². The van der Waals surface area contributed by atoms with Crippen molar-refractivity contribution >= 4 is 35.0 Å². The van der Waals surface area contributed by atoms with Gasteiger partial charge >= 0.3 is 0 Å². The Morgan fingerprint density at radius 1 is 1.27 bits per heavy atom. The number of amides is 1. The van der Waals surface area contributed by atoms with Crippen LogP contribution in [0.15, 0.2) is 47.9 Å². The molecule has 0 aliphatic rings. The number of nitrogens with one attached hydrogen (secondary N) is 1. The zero-order valence-corrected chi connectivity index (χ0v) is 16.2. The monoisotopic (exact) mass is 389 g/mol. The van der Waals surface area contributed by atoms with Crippen LogP contribution in [0.3, 0.4) is 0 Å². The molecular formula is C18H20ClN5OS. The summed E-state index contributed by atoms with van der Waals surface area (Å²) in [6.07, 6.45) is 5.65. The first-order valence-electron chi connectivity index (χ1n) is 8.35. The second kappa shape index (κ2) is 8.42. The molecule has 3 aromatic rings. The summed E-state index contributed by atoms with van der Waals surface area (Å²) in [5, 5.41) is 12.7. The third-order valence-corrected chi connectivity index (χ3v) is 4.93. The van der Waals surface area contributed by atoms with Crippen molar-refractivity contribution in [1.29, 1.82) is 0 Å². The number of halogens is 1. The van der Waals surface area contributed by atoms with Crippen molar-refractivity contribution in [2.45, 2.75) is 31.8 Å². The molecule has 0 saturated heterocycles. The molecule has 0 radical (unpaired) electrons. The molecule has 136 valence electrons. The van der Waals surface area contributed by atoms with E-state index in [1.165, 1.54) is 11.8 Å². The summed E-state index contributed by atoms with van der Waals surface area (Å²) in [5.74, 6) is 0.994. The molecule has 0 aliphatic carbocycles. The average molecular weight is 390 g/mol. The Bertz CT molecular complexity index is 891. The summed E-state index contributed by atoms with van der Waals surface area (Å²) in [6, 6.07) is 9.32. The fourth-order valence-corrected chi connectivity index (χ4v) is 3.43. The van der Waals surface area contributed by atoms with Gasteiger partial charge in [-0.25, -0.2) is 4.68 Å². The van der Waals surface area contributed by atoms with Crippen LogP contribution in [0.25, 0.3) is 0 Å². The van der Waals surface area contributed by atoms with Gasteiger partial charge in [0.05, 0.1) is 5.75 Å². The predicted molar refractivity (Wildman–Crippen MR) is 105 cm³/mol. The van der Waals surface area contributed by atoms with Crippen molar-refractivity contribution in [3.63, 3.8) is 0 Å². The van der Waals surface area contributed by atoms with Crippen LogP contribution >= 0.6 is 23.4 Å². The van der Waals surface area contributed by atoms with Gasteiger partial charge in [0.25, 0.3) is 0 Å². The van der Waals surface area contributed by atoms with Crippen molar-refractivity contribution in [3.8, 4) is 0 Å². The summed E-state index contributed by atoms with van der Waals surface area (Å²) in [6.45, 7) is 4.03. The number of aromatic nitrogens is 4. The van der Waals surface area contributed by atoms with Crippen molar-refractivity contribution in [2.24, 2.45) is 0 Å². The maximum absolute atomic E-state index is 12.3. The van der Waals surface area contributed by atoms with E-state index in [0.717, 1.165) is 29.9 Å². The Hall–Kier alpha value is -2.25. The van der Waals surface area contributed by atoms with E-state index in [9.17, 15) is 4.79 Å². The van der Waals surface area contributed by atoms with Crippen LogP contribution in [0.4, 0.5) is 5.69 Å². The topological polar surface area (TPSA) is 64.7 Å². The van der Waals surface area contributed by atoms with Crippen molar-refractivity contribution in [3.05, 3.63) is 59.1 Å². The minimum atomic E-state index is -0.112. The standard InChI is InChI=1S/C18H20ClN5OS/c1-3-6-16-21-22-18(24(16)23-9-4-5-10-23)26-12-17(25)20-15-11-14(19)8-7-13(15)2/h4-5,7-11H,3,6,12H2,1-2H3,(H,20,25). The Balaban J connectivity index is 1.71. The Kier molecular flexibility index (Phi) is 6.00. The number of thioether (sulfide) groups is 1. The largest absolute Gasteiger partial charge is 0.325 e. The molecule has 1 aromatic carbocycles. The van der Waals surface area contributed by atoms with Gasteiger partial charge in [0.2, 0.25) is 11.1 Å². The second-order valence-corrected chi connectivity index (χ2v) is 7.20. The molecule has 0 saturated carbocycles. The molecule has 1 N–H and O–H groups in total. The van der Waals surface area contributed by atoms with Gasteiger partial charge in [-0.1, -0.05) is 36.4 Å². The van der Waals surface area contributed by atoms with Gasteiger partial charge in [0.1, 0.15) is 0 Å². The second-order valence-electron chi connectivity index (χ2n) is 5.82. The number of nitrogens with zero attached hydrogens (tertiary/aromatic N) is 4. The normalized spacial score (nSPS) is 10.9. The number of carbonyl (C=O) groups excluding carboxylic acids is 1. The van der Waals surface area contributed by atoms with Gasteiger partial charge in [0, 0.05) is 29.5 Å². The third-order valence-electron chi connectivity index (χ3n) is 3.78. The van der Waals surface area contributed by atoms with Crippen LogP contribution in [0.5, 0.6) is 0 Å². The lowest BCUT2D eigenvalue weighted by molar-refractivity contribution is -0.113. The van der Waals surface area contributed by atoms with E-state index in [0.29, 0.717) is 10.2 Å². The highest BCUT2D eigenvalue weighted by Gasteiger charge is 2.15. The zero-order chi connectivity index (χ0) is 18.5. The van der Waals surface area contributed by atoms with E-state index in [1.807, 2.05) is 46.9 Å². The molecule has 2 aromatic heterocycles. The zero-order valence-electron chi connectivity index (χ0n) is 14.6. The Morgan fingerprint density at radius 3 is 2.77 bits per heavy atom. The first-order valence-corrected chi connectivity index (χ1v) is 9.71. The lowest BCUT2D eigenvalue weighted by Gasteiger charge is -2.11. The number of anilines is 1. The Labute approximate surface area is 161 Å². The van der Waals surface area contributed by atoms with E-state index in [1.54, 1.807) is 12.1 Å². The van der Waals surface area contributed by atoms with Crippen LogP contribution in [0.2, 0.25) is 5.02 Å². The van der Waals surface area contributed by atoms with E-state index in [2.05, 4.69) is 22.4 Å². The maximum Gasteiger partial charge on any atom is 0.234 e. The minimum Gasteiger partial charge on any atom is -0.325 e. The summed E-state index contributed by atoms with van der Waals surface area (Å²) >= 11 is 7.36. The fraction of sp³-hybridized carbons (Fsp3) is 0.278. The van der Waals surface area contributed by atoms with Crippen molar-refractivity contribution < 1.29 is 4.79 Å². The van der Waals surface area contributed by atoms with E-state index < -0.39 is 0 Å². The fourth-order valence-electron chi connectivity index (χ4n) is 2.50. The molecule has 0 atom stereocenters. The van der Waals surface area contributed by atoms with Crippen molar-refractivity contribution in [2.75, 3.05) is 11.1 Å². The number of hydrogen-bond acceptors (Lipinski definition) is 4. The summed E-state index contributed by atoms with van der Waals surface area (Å²) in [7, 11) is 0. The van der Waals surface area contributed by atoms with Crippen LogP contribution < -0.4 is 5.32 Å². The molecule has 0 spiro atoms. The van der Waals surface area contributed by atoms with Crippen LogP contribution in [-0.2, 0) is 11.2 Å². The molecule has 26 heavy (non-hydrogen) atoms. The number of carbonyl (C=O) groups is 1. The number of benzene rings is 1. The quantitative estimate of drug-likeness (QED) is 0.619. The lowest BCUT2D eigenvalue weighted by atomic mass is 10.2. The highest BCUT2D eigenvalue weighted by Crippen LogP contribution is 2.22. The molecular weight excluding hydrogens is 370 g/mol. The van der Waals surface area contributed by atoms with Crippen LogP contribution in [0.1, 0.15) is 24.7 Å². The van der Waals surface area contributed by atoms with Gasteiger partial charge in [-0.2, -0.15) is 0 Å². The average Bonchev–Trinajstić information content (AvgIpc) is 3.26. The maximum atomic E-state index is 12.3. The molecule has 6 nitrogen and oxygen atoms in total. The number of aryl methyl sites for hydroxylation is 2. The summed E-state index contributed by atoms with van der Waals surface area (Å²) in [5.41, 5.74) is 1.69. The summed E-state index contributed by atoms with van der Waals surface area (Å²) in [4.78, 5) is 12.3. The number of rotatable bonds is 7. The van der Waals surface area contributed by atoms with E-state index >= 15 is 0 Å². The van der Waals surface area contributed by atoms with Gasteiger partial charge in [-0.15, -0.1) is 10.2 Å². The molecule has 8 heteroatoms. The van der Waals surface area contributed by atoms with Gasteiger partial charge in [-0.3, -0.25) is 9.47 Å². The molecule has 0 bridgehead atoms. The van der Waals surface area contributed by atoms with Gasteiger partial charge < -0.3 is 5.32 Å². The molecule has 0 unspecified atom stereocenters. The molecule has 1 amide bonds. The smallest absolute Gasteiger partial charge is 0.234 e.